The summed E-state index contributed by atoms with van der Waals surface area (Å²) in [5, 5.41) is 0. The van der Waals surface area contributed by atoms with Crippen LogP contribution in [0, 0.1) is 53.2 Å². The van der Waals surface area contributed by atoms with E-state index in [0.29, 0.717) is 12.1 Å². The van der Waals surface area contributed by atoms with Crippen molar-refractivity contribution in [3.05, 3.63) is 201 Å². The van der Waals surface area contributed by atoms with E-state index >= 15 is 0 Å². The zero-order valence-electron chi connectivity index (χ0n) is 38.7. The van der Waals surface area contributed by atoms with Gasteiger partial charge in [0.25, 0.3) is 0 Å². The SMILES string of the molecule is CC(=O)c1cccc(C)c1.CCOc1ccccc1C.COc1cccc(C)c1.Cc1c(F)cccc1F.Cc1cc(C(F)(F)F)cc(C(F)(F)F)c1.Cc1ccccc1C(C)(C)C. The number of methoxy groups -OCH3 is 1. The highest BCUT2D eigenvalue weighted by atomic mass is 19.4. The van der Waals surface area contributed by atoms with Crippen molar-refractivity contribution in [2.24, 2.45) is 0 Å². The van der Waals surface area contributed by atoms with E-state index in [0.717, 1.165) is 29.2 Å². The predicted octanol–water partition coefficient (Wildman–Crippen LogP) is 16.2. The molecule has 6 rings (SSSR count). The van der Waals surface area contributed by atoms with Crippen molar-refractivity contribution < 1.29 is 49.4 Å². The molecule has 3 nitrogen and oxygen atoms in total. The Labute approximate surface area is 374 Å². The number of aryl methyl sites for hydroxylation is 5. The van der Waals surface area contributed by atoms with Gasteiger partial charge < -0.3 is 9.47 Å². The van der Waals surface area contributed by atoms with E-state index in [4.69, 9.17) is 9.47 Å². The summed E-state index contributed by atoms with van der Waals surface area (Å²) in [5.74, 6) is 1.06. The highest BCUT2D eigenvalue weighted by Gasteiger charge is 2.36. The molecule has 0 saturated carbocycles. The third-order valence-corrected chi connectivity index (χ3v) is 8.93. The topological polar surface area (TPSA) is 35.5 Å². The molecule has 0 saturated heterocycles. The van der Waals surface area contributed by atoms with Crippen LogP contribution in [0.15, 0.2) is 133 Å². The maximum atomic E-state index is 12.3. The highest BCUT2D eigenvalue weighted by molar-refractivity contribution is 5.94. The molecule has 0 aliphatic carbocycles. The lowest BCUT2D eigenvalue weighted by Crippen LogP contribution is -2.12. The summed E-state index contributed by atoms with van der Waals surface area (Å²) in [6.45, 7) is 21.9. The molecule has 0 radical (unpaired) electrons. The number of carbonyl (C=O) groups excluding carboxylic acids is 1. The molecule has 0 bridgehead atoms. The van der Waals surface area contributed by atoms with Gasteiger partial charge in [-0.1, -0.05) is 105 Å². The number of rotatable bonds is 4. The Hall–Kier alpha value is -5.97. The smallest absolute Gasteiger partial charge is 0.416 e. The Morgan fingerprint density at radius 2 is 1.02 bits per heavy atom. The van der Waals surface area contributed by atoms with Gasteiger partial charge >= 0.3 is 12.4 Å². The molecule has 346 valence electrons. The van der Waals surface area contributed by atoms with Crippen molar-refractivity contribution >= 4 is 5.78 Å². The first-order chi connectivity index (χ1) is 29.7. The fraction of sp³-hybridized carbons (Fsp3) is 0.302. The minimum Gasteiger partial charge on any atom is -0.497 e. The average molecular weight is 897 g/mol. The molecule has 0 fully saturated rings. The lowest BCUT2D eigenvalue weighted by atomic mass is 9.84. The molecule has 0 amide bonds. The van der Waals surface area contributed by atoms with Crippen LogP contribution < -0.4 is 9.47 Å². The zero-order chi connectivity index (χ0) is 48.8. The number of carbonyl (C=O) groups is 1. The van der Waals surface area contributed by atoms with Crippen LogP contribution in [-0.4, -0.2) is 19.5 Å². The van der Waals surface area contributed by atoms with Gasteiger partial charge in [0, 0.05) is 11.1 Å². The van der Waals surface area contributed by atoms with Crippen LogP contribution in [0.25, 0.3) is 0 Å². The highest BCUT2D eigenvalue weighted by Crippen LogP contribution is 2.36. The summed E-state index contributed by atoms with van der Waals surface area (Å²) in [4.78, 5) is 10.8. The van der Waals surface area contributed by atoms with Crippen LogP contribution in [0.2, 0.25) is 0 Å². The van der Waals surface area contributed by atoms with E-state index in [1.807, 2.05) is 100 Å². The lowest BCUT2D eigenvalue weighted by Gasteiger charge is -2.21. The molecule has 0 aliphatic rings. The van der Waals surface area contributed by atoms with E-state index in [1.165, 1.54) is 54.3 Å². The molecule has 6 aromatic rings. The first kappa shape index (κ1) is 56.0. The predicted molar refractivity (Wildman–Crippen MR) is 243 cm³/mol. The number of para-hydroxylation sites is 1. The van der Waals surface area contributed by atoms with Crippen molar-refractivity contribution in [1.29, 1.82) is 0 Å². The van der Waals surface area contributed by atoms with Gasteiger partial charge in [-0.15, -0.1) is 0 Å². The molecule has 64 heavy (non-hydrogen) atoms. The second-order valence-electron chi connectivity index (χ2n) is 15.6. The summed E-state index contributed by atoms with van der Waals surface area (Å²) in [7, 11) is 1.68. The van der Waals surface area contributed by atoms with Gasteiger partial charge in [-0.2, -0.15) is 26.3 Å². The van der Waals surface area contributed by atoms with Crippen LogP contribution in [0.3, 0.4) is 0 Å². The fourth-order valence-electron chi connectivity index (χ4n) is 5.59. The number of halogens is 8. The molecule has 0 N–H and O–H groups in total. The van der Waals surface area contributed by atoms with Crippen LogP contribution in [0.1, 0.15) is 95.0 Å². The van der Waals surface area contributed by atoms with Crippen LogP contribution >= 0.6 is 0 Å². The van der Waals surface area contributed by atoms with Gasteiger partial charge in [0.2, 0.25) is 0 Å². The number of ether oxygens (including phenoxy) is 2. The Balaban J connectivity index is 0.000000388. The van der Waals surface area contributed by atoms with Crippen molar-refractivity contribution in [2.45, 2.75) is 93.9 Å². The number of hydrogen-bond acceptors (Lipinski definition) is 3. The molecular formula is C53H60F8O3. The standard InChI is InChI=1S/C11H16.C9H6F6.C9H10O.C9H12O.C8H10O.C7H6F2/c1-9-7-5-6-8-10(9)11(2,3)4;1-5-2-6(8(10,11)12)4-7(3-5)9(13,14)15;1-7-4-3-5-9(6-7)8(2)10;1-3-10-9-7-5-4-6-8(9)2;1-7-4-3-5-8(6-7)9-2;1-5-6(8)3-2-4-7(5)9/h5-8H,1-4H3;2-4H,1H3;3-6H,1-2H3;4-7H,3H2,1-2H3;3-6H,1-2H3;2-4H,1H3. The van der Waals surface area contributed by atoms with Gasteiger partial charge in [0.15, 0.2) is 5.78 Å². The first-order valence-corrected chi connectivity index (χ1v) is 20.3. The van der Waals surface area contributed by atoms with Crippen molar-refractivity contribution in [3.8, 4) is 11.5 Å². The molecular weight excluding hydrogens is 837 g/mol. The van der Waals surface area contributed by atoms with Gasteiger partial charge in [0.1, 0.15) is 23.1 Å². The summed E-state index contributed by atoms with van der Waals surface area (Å²) < 4.78 is 108. The zero-order valence-corrected chi connectivity index (χ0v) is 38.7. The Morgan fingerprint density at radius 1 is 0.547 bits per heavy atom. The van der Waals surface area contributed by atoms with Crippen molar-refractivity contribution in [2.75, 3.05) is 13.7 Å². The Bertz CT molecular complexity index is 2270. The molecule has 6 aromatic carbocycles. The van der Waals surface area contributed by atoms with E-state index in [-0.39, 0.29) is 28.4 Å². The summed E-state index contributed by atoms with van der Waals surface area (Å²) in [6.07, 6.45) is -9.52. The Kier molecular flexibility index (Phi) is 23.3. The minimum absolute atomic E-state index is 0.0721. The second-order valence-corrected chi connectivity index (χ2v) is 15.6. The Morgan fingerprint density at radius 3 is 1.38 bits per heavy atom. The second kappa shape index (κ2) is 26.6. The van der Waals surface area contributed by atoms with E-state index < -0.39 is 35.1 Å². The van der Waals surface area contributed by atoms with Gasteiger partial charge in [-0.05, 0) is 143 Å². The lowest BCUT2D eigenvalue weighted by molar-refractivity contribution is -0.143. The summed E-state index contributed by atoms with van der Waals surface area (Å²) in [6, 6.07) is 37.4. The van der Waals surface area contributed by atoms with Gasteiger partial charge in [-0.3, -0.25) is 4.79 Å². The number of Topliss-reactive ketones (excluding diaryl/α,β-unsaturated/α-hetero) is 1. The molecule has 0 unspecified atom stereocenters. The molecule has 0 aromatic heterocycles. The van der Waals surface area contributed by atoms with Gasteiger partial charge in [0.05, 0.1) is 24.8 Å². The molecule has 0 heterocycles. The minimum atomic E-state index is -4.76. The van der Waals surface area contributed by atoms with Crippen molar-refractivity contribution in [3.63, 3.8) is 0 Å². The first-order valence-electron chi connectivity index (χ1n) is 20.3. The third kappa shape index (κ3) is 21.4. The number of hydrogen-bond donors (Lipinski definition) is 0. The number of alkyl halides is 6. The number of ketones is 1. The van der Waals surface area contributed by atoms with E-state index in [2.05, 4.69) is 52.0 Å². The number of benzene rings is 6. The maximum Gasteiger partial charge on any atom is 0.416 e. The molecule has 0 aliphatic heterocycles. The van der Waals surface area contributed by atoms with E-state index in [9.17, 15) is 39.9 Å². The summed E-state index contributed by atoms with van der Waals surface area (Å²) >= 11 is 0. The molecule has 0 spiro atoms. The van der Waals surface area contributed by atoms with Crippen LogP contribution in [0.4, 0.5) is 35.1 Å². The molecule has 0 atom stereocenters. The summed E-state index contributed by atoms with van der Waals surface area (Å²) in [5.41, 5.74) is 4.91. The maximum absolute atomic E-state index is 12.3. The van der Waals surface area contributed by atoms with E-state index in [1.54, 1.807) is 14.0 Å². The third-order valence-electron chi connectivity index (χ3n) is 8.93. The fourth-order valence-corrected chi connectivity index (χ4v) is 5.59. The van der Waals surface area contributed by atoms with Crippen LogP contribution in [-0.2, 0) is 17.8 Å². The monoisotopic (exact) mass is 896 g/mol. The largest absolute Gasteiger partial charge is 0.497 e. The molecule has 11 heteroatoms. The quantitative estimate of drug-likeness (QED) is 0.131. The average Bonchev–Trinajstić information content (AvgIpc) is 3.21. The van der Waals surface area contributed by atoms with Crippen molar-refractivity contribution in [1.82, 2.24) is 0 Å². The van der Waals surface area contributed by atoms with Gasteiger partial charge in [-0.25, -0.2) is 8.78 Å². The normalized spacial score (nSPS) is 10.6. The van der Waals surface area contributed by atoms with Crippen LogP contribution in [0.5, 0.6) is 11.5 Å².